The second-order valence-electron chi connectivity index (χ2n) is 4.42. The van der Waals surface area contributed by atoms with Gasteiger partial charge in [0.2, 0.25) is 0 Å². The quantitative estimate of drug-likeness (QED) is 0.353. The van der Waals surface area contributed by atoms with Crippen LogP contribution in [0.25, 0.3) is 0 Å². The standard InChI is InChI=1S/C14H26O3/c1-5-9-13(15)16-12-8-10-14(4,7-3)17-11-6-2/h5,9H,6-8,10-12H2,1-4H3. The zero-order chi connectivity index (χ0) is 13.1. The van der Waals surface area contributed by atoms with Crippen molar-refractivity contribution in [3.63, 3.8) is 0 Å². The molecule has 0 saturated carbocycles. The predicted molar refractivity (Wildman–Crippen MR) is 69.9 cm³/mol. The fourth-order valence-electron chi connectivity index (χ4n) is 1.50. The fourth-order valence-corrected chi connectivity index (χ4v) is 1.50. The van der Waals surface area contributed by atoms with Gasteiger partial charge in [-0.15, -0.1) is 0 Å². The smallest absolute Gasteiger partial charge is 0.330 e. The van der Waals surface area contributed by atoms with Crippen LogP contribution >= 0.6 is 0 Å². The minimum Gasteiger partial charge on any atom is -0.463 e. The Hall–Kier alpha value is -0.830. The molecule has 0 rings (SSSR count). The molecule has 3 nitrogen and oxygen atoms in total. The first-order valence-electron chi connectivity index (χ1n) is 6.51. The van der Waals surface area contributed by atoms with E-state index in [0.29, 0.717) is 6.61 Å². The number of rotatable bonds is 9. The van der Waals surface area contributed by atoms with E-state index in [0.717, 1.165) is 32.3 Å². The van der Waals surface area contributed by atoms with Crippen LogP contribution in [0.1, 0.15) is 53.4 Å². The SMILES string of the molecule is CC=CC(=O)OCCCC(C)(CC)OCCC. The van der Waals surface area contributed by atoms with Gasteiger partial charge < -0.3 is 9.47 Å². The molecule has 0 aromatic carbocycles. The van der Waals surface area contributed by atoms with E-state index in [1.54, 1.807) is 13.0 Å². The minimum absolute atomic E-state index is 0.0803. The monoisotopic (exact) mass is 242 g/mol. The molecular formula is C14H26O3. The first kappa shape index (κ1) is 16.2. The fraction of sp³-hybridized carbons (Fsp3) is 0.786. The maximum atomic E-state index is 11.1. The van der Waals surface area contributed by atoms with Crippen LogP contribution < -0.4 is 0 Å². The normalized spacial score (nSPS) is 14.8. The number of ether oxygens (including phenoxy) is 2. The maximum Gasteiger partial charge on any atom is 0.330 e. The Kier molecular flexibility index (Phi) is 8.78. The Morgan fingerprint density at radius 2 is 2.00 bits per heavy atom. The van der Waals surface area contributed by atoms with Crippen molar-refractivity contribution in [2.24, 2.45) is 0 Å². The molecule has 0 fully saturated rings. The summed E-state index contributed by atoms with van der Waals surface area (Å²) in [7, 11) is 0. The van der Waals surface area contributed by atoms with Crippen LogP contribution in [0.4, 0.5) is 0 Å². The summed E-state index contributed by atoms with van der Waals surface area (Å²) in [5, 5.41) is 0. The first-order valence-corrected chi connectivity index (χ1v) is 6.51. The van der Waals surface area contributed by atoms with Gasteiger partial charge >= 0.3 is 5.97 Å². The minimum atomic E-state index is -0.264. The lowest BCUT2D eigenvalue weighted by Crippen LogP contribution is -2.28. The van der Waals surface area contributed by atoms with Crippen LogP contribution in [0.15, 0.2) is 12.2 Å². The highest BCUT2D eigenvalue weighted by Gasteiger charge is 2.21. The number of allylic oxidation sites excluding steroid dienone is 1. The zero-order valence-corrected chi connectivity index (χ0v) is 11.6. The number of hydrogen-bond donors (Lipinski definition) is 0. The lowest BCUT2D eigenvalue weighted by molar-refractivity contribution is -0.138. The highest BCUT2D eigenvalue weighted by atomic mass is 16.5. The van der Waals surface area contributed by atoms with Gasteiger partial charge in [0.15, 0.2) is 0 Å². The Balaban J connectivity index is 3.79. The molecule has 0 spiro atoms. The van der Waals surface area contributed by atoms with Crippen molar-refractivity contribution >= 4 is 5.97 Å². The second kappa shape index (κ2) is 9.23. The summed E-state index contributed by atoms with van der Waals surface area (Å²) >= 11 is 0. The number of esters is 1. The van der Waals surface area contributed by atoms with E-state index in [2.05, 4.69) is 20.8 Å². The van der Waals surface area contributed by atoms with Crippen molar-refractivity contribution in [2.45, 2.75) is 59.0 Å². The summed E-state index contributed by atoms with van der Waals surface area (Å²) < 4.78 is 10.9. The highest BCUT2D eigenvalue weighted by Crippen LogP contribution is 2.21. The summed E-state index contributed by atoms with van der Waals surface area (Å²) in [5.41, 5.74) is -0.0803. The second-order valence-corrected chi connectivity index (χ2v) is 4.42. The molecule has 0 aliphatic carbocycles. The molecule has 1 atom stereocenters. The molecule has 1 unspecified atom stereocenters. The van der Waals surface area contributed by atoms with Gasteiger partial charge in [-0.05, 0) is 39.5 Å². The van der Waals surface area contributed by atoms with E-state index in [1.165, 1.54) is 6.08 Å². The van der Waals surface area contributed by atoms with E-state index in [-0.39, 0.29) is 11.6 Å². The van der Waals surface area contributed by atoms with Crippen LogP contribution in [-0.2, 0) is 14.3 Å². The molecule has 17 heavy (non-hydrogen) atoms. The molecule has 0 bridgehead atoms. The summed E-state index contributed by atoms with van der Waals surface area (Å²) in [6.45, 7) is 9.41. The largest absolute Gasteiger partial charge is 0.463 e. The van der Waals surface area contributed by atoms with Crippen LogP contribution in [0, 0.1) is 0 Å². The van der Waals surface area contributed by atoms with Gasteiger partial charge in [0, 0.05) is 12.7 Å². The molecule has 100 valence electrons. The van der Waals surface area contributed by atoms with Crippen molar-refractivity contribution in [2.75, 3.05) is 13.2 Å². The van der Waals surface area contributed by atoms with E-state index in [9.17, 15) is 4.79 Å². The number of carbonyl (C=O) groups is 1. The molecule has 3 heteroatoms. The zero-order valence-electron chi connectivity index (χ0n) is 11.6. The molecule has 0 aromatic rings. The molecule has 0 saturated heterocycles. The van der Waals surface area contributed by atoms with E-state index < -0.39 is 0 Å². The summed E-state index contributed by atoms with van der Waals surface area (Å²) in [6.07, 6.45) is 6.90. The summed E-state index contributed by atoms with van der Waals surface area (Å²) in [5.74, 6) is -0.264. The van der Waals surface area contributed by atoms with Gasteiger partial charge in [-0.2, -0.15) is 0 Å². The lowest BCUT2D eigenvalue weighted by atomic mass is 9.97. The third-order valence-corrected chi connectivity index (χ3v) is 2.80. The average molecular weight is 242 g/mol. The Labute approximate surface area is 105 Å². The van der Waals surface area contributed by atoms with E-state index >= 15 is 0 Å². The third kappa shape index (κ3) is 7.97. The molecule has 0 radical (unpaired) electrons. The molecule has 0 amide bonds. The number of hydrogen-bond acceptors (Lipinski definition) is 3. The maximum absolute atomic E-state index is 11.1. The Bertz CT molecular complexity index is 236. The van der Waals surface area contributed by atoms with Crippen molar-refractivity contribution < 1.29 is 14.3 Å². The summed E-state index contributed by atoms with van der Waals surface area (Å²) in [6, 6.07) is 0. The molecule has 0 aliphatic heterocycles. The molecule has 0 aliphatic rings. The first-order chi connectivity index (χ1) is 8.08. The third-order valence-electron chi connectivity index (χ3n) is 2.80. The van der Waals surface area contributed by atoms with Crippen LogP contribution in [-0.4, -0.2) is 24.8 Å². The Morgan fingerprint density at radius 1 is 1.29 bits per heavy atom. The van der Waals surface area contributed by atoms with Gasteiger partial charge in [0.1, 0.15) is 0 Å². The average Bonchev–Trinajstić information content (AvgIpc) is 2.32. The topological polar surface area (TPSA) is 35.5 Å². The van der Waals surface area contributed by atoms with Crippen molar-refractivity contribution in [3.8, 4) is 0 Å². The molecule has 0 heterocycles. The van der Waals surface area contributed by atoms with Gasteiger partial charge in [-0.25, -0.2) is 4.79 Å². The van der Waals surface area contributed by atoms with E-state index in [4.69, 9.17) is 9.47 Å². The van der Waals surface area contributed by atoms with Crippen LogP contribution in [0.5, 0.6) is 0 Å². The molecule has 0 N–H and O–H groups in total. The van der Waals surface area contributed by atoms with Crippen LogP contribution in [0.2, 0.25) is 0 Å². The predicted octanol–water partition coefficient (Wildman–Crippen LogP) is 3.48. The summed E-state index contributed by atoms with van der Waals surface area (Å²) in [4.78, 5) is 11.1. The van der Waals surface area contributed by atoms with Gasteiger partial charge in [-0.3, -0.25) is 0 Å². The molecular weight excluding hydrogens is 216 g/mol. The van der Waals surface area contributed by atoms with Crippen molar-refractivity contribution in [1.29, 1.82) is 0 Å². The van der Waals surface area contributed by atoms with Gasteiger partial charge in [0.05, 0.1) is 12.2 Å². The van der Waals surface area contributed by atoms with Crippen molar-refractivity contribution in [1.82, 2.24) is 0 Å². The van der Waals surface area contributed by atoms with Gasteiger partial charge in [0.25, 0.3) is 0 Å². The van der Waals surface area contributed by atoms with Crippen molar-refractivity contribution in [3.05, 3.63) is 12.2 Å². The number of carbonyl (C=O) groups excluding carboxylic acids is 1. The molecule has 0 aromatic heterocycles. The van der Waals surface area contributed by atoms with Gasteiger partial charge in [-0.1, -0.05) is 19.9 Å². The highest BCUT2D eigenvalue weighted by molar-refractivity contribution is 5.81. The van der Waals surface area contributed by atoms with E-state index in [1.807, 2.05) is 0 Å². The lowest BCUT2D eigenvalue weighted by Gasteiger charge is -2.28. The van der Waals surface area contributed by atoms with Crippen LogP contribution in [0.3, 0.4) is 0 Å². The Morgan fingerprint density at radius 3 is 2.53 bits per heavy atom.